The Labute approximate surface area is 193 Å². The number of para-hydroxylation sites is 1. The Morgan fingerprint density at radius 1 is 0.812 bits per heavy atom. The maximum atomic E-state index is 13.6. The first-order valence-electron chi connectivity index (χ1n) is 11.9. The van der Waals surface area contributed by atoms with E-state index in [4.69, 9.17) is 0 Å². The Kier molecular flexibility index (Phi) is 8.68. The number of nitrogens with zero attached hydrogens (tertiary/aromatic N) is 2. The van der Waals surface area contributed by atoms with Crippen molar-refractivity contribution < 1.29 is 8.42 Å². The standard InChI is InChI=1S/C27H36N2O2S/c1-4-5-6-7-8-9-10-11-15-23-16-12-13-19-26(23)32(30,31)29(3)25-18-14-17-24-21-20-22(2)28-27(24)25/h12-14,16-21H,4-11,15H2,1-3H3. The van der Waals surface area contributed by atoms with Crippen molar-refractivity contribution in [2.75, 3.05) is 11.4 Å². The molecule has 4 nitrogen and oxygen atoms in total. The predicted molar refractivity (Wildman–Crippen MR) is 135 cm³/mol. The van der Waals surface area contributed by atoms with Crippen molar-refractivity contribution in [1.29, 1.82) is 0 Å². The van der Waals surface area contributed by atoms with Gasteiger partial charge in [-0.2, -0.15) is 0 Å². The number of aromatic nitrogens is 1. The number of hydrogen-bond donors (Lipinski definition) is 0. The highest BCUT2D eigenvalue weighted by molar-refractivity contribution is 7.92. The number of fused-ring (bicyclic) bond motifs is 1. The number of unbranched alkanes of at least 4 members (excludes halogenated alkanes) is 7. The van der Waals surface area contributed by atoms with E-state index in [2.05, 4.69) is 11.9 Å². The van der Waals surface area contributed by atoms with E-state index in [0.717, 1.165) is 35.9 Å². The fourth-order valence-electron chi connectivity index (χ4n) is 4.17. The lowest BCUT2D eigenvalue weighted by molar-refractivity contribution is 0.572. The number of anilines is 1. The van der Waals surface area contributed by atoms with Gasteiger partial charge in [-0.05, 0) is 43.5 Å². The lowest BCUT2D eigenvalue weighted by Crippen LogP contribution is -2.27. The van der Waals surface area contributed by atoms with E-state index in [1.807, 2.05) is 55.5 Å². The van der Waals surface area contributed by atoms with Gasteiger partial charge < -0.3 is 0 Å². The summed E-state index contributed by atoms with van der Waals surface area (Å²) >= 11 is 0. The molecule has 3 aromatic rings. The molecule has 0 bridgehead atoms. The second-order valence-electron chi connectivity index (χ2n) is 8.61. The molecule has 0 N–H and O–H groups in total. The average Bonchev–Trinajstić information content (AvgIpc) is 2.80. The smallest absolute Gasteiger partial charge is 0.264 e. The Bertz CT molecular complexity index is 1130. The Hall–Kier alpha value is -2.40. The molecule has 0 amide bonds. The summed E-state index contributed by atoms with van der Waals surface area (Å²) in [5, 5.41) is 0.933. The molecule has 0 saturated heterocycles. The summed E-state index contributed by atoms with van der Waals surface area (Å²) in [4.78, 5) is 5.02. The second-order valence-corrected chi connectivity index (χ2v) is 10.5. The SMILES string of the molecule is CCCCCCCCCCc1ccccc1S(=O)(=O)N(C)c1cccc2ccc(C)nc12. The van der Waals surface area contributed by atoms with Crippen molar-refractivity contribution in [2.45, 2.75) is 76.5 Å². The summed E-state index contributed by atoms with van der Waals surface area (Å²) < 4.78 is 28.6. The highest BCUT2D eigenvalue weighted by Gasteiger charge is 2.25. The zero-order valence-corrected chi connectivity index (χ0v) is 20.5. The third-order valence-corrected chi connectivity index (χ3v) is 7.96. The molecule has 2 aromatic carbocycles. The number of benzene rings is 2. The van der Waals surface area contributed by atoms with Crippen LogP contribution in [-0.4, -0.2) is 20.4 Å². The Balaban J connectivity index is 1.74. The minimum Gasteiger partial charge on any atom is -0.267 e. The molecule has 5 heteroatoms. The molecule has 3 rings (SSSR count). The first-order valence-corrected chi connectivity index (χ1v) is 13.3. The first-order chi connectivity index (χ1) is 15.4. The van der Waals surface area contributed by atoms with Crippen molar-refractivity contribution in [3.8, 4) is 0 Å². The number of hydrogen-bond acceptors (Lipinski definition) is 3. The minimum atomic E-state index is -3.69. The van der Waals surface area contributed by atoms with Gasteiger partial charge in [0, 0.05) is 18.1 Å². The maximum absolute atomic E-state index is 13.6. The highest BCUT2D eigenvalue weighted by Crippen LogP contribution is 2.30. The zero-order valence-electron chi connectivity index (χ0n) is 19.7. The van der Waals surface area contributed by atoms with Crippen LogP contribution in [0.15, 0.2) is 59.5 Å². The van der Waals surface area contributed by atoms with Crippen LogP contribution in [0.2, 0.25) is 0 Å². The van der Waals surface area contributed by atoms with Gasteiger partial charge in [0.05, 0.1) is 16.1 Å². The van der Waals surface area contributed by atoms with Crippen LogP contribution in [0.3, 0.4) is 0 Å². The number of sulfonamides is 1. The van der Waals surface area contributed by atoms with E-state index in [1.54, 1.807) is 13.1 Å². The summed E-state index contributed by atoms with van der Waals surface area (Å²) in [5.74, 6) is 0. The van der Waals surface area contributed by atoms with Gasteiger partial charge in [0.15, 0.2) is 0 Å². The third-order valence-electron chi connectivity index (χ3n) is 6.09. The molecule has 0 fully saturated rings. The molecule has 0 aliphatic rings. The van der Waals surface area contributed by atoms with Crippen LogP contribution in [0.25, 0.3) is 10.9 Å². The molecular formula is C27H36N2O2S. The molecule has 0 aliphatic carbocycles. The molecule has 0 aliphatic heterocycles. The van der Waals surface area contributed by atoms with E-state index < -0.39 is 10.0 Å². The fourth-order valence-corrected chi connectivity index (χ4v) is 5.62. The molecule has 0 saturated carbocycles. The van der Waals surface area contributed by atoms with Crippen molar-refractivity contribution in [2.24, 2.45) is 0 Å². The van der Waals surface area contributed by atoms with Gasteiger partial charge >= 0.3 is 0 Å². The highest BCUT2D eigenvalue weighted by atomic mass is 32.2. The van der Waals surface area contributed by atoms with Gasteiger partial charge in [-0.15, -0.1) is 0 Å². The van der Waals surface area contributed by atoms with Crippen LogP contribution in [0, 0.1) is 6.92 Å². The molecular weight excluding hydrogens is 416 g/mol. The quantitative estimate of drug-likeness (QED) is 0.277. The molecule has 0 radical (unpaired) electrons. The molecule has 1 aromatic heterocycles. The summed E-state index contributed by atoms with van der Waals surface area (Å²) in [6, 6.07) is 17.0. The topological polar surface area (TPSA) is 50.3 Å². The molecule has 32 heavy (non-hydrogen) atoms. The van der Waals surface area contributed by atoms with Gasteiger partial charge in [0.25, 0.3) is 10.0 Å². The number of rotatable bonds is 12. The Morgan fingerprint density at radius 2 is 1.50 bits per heavy atom. The molecule has 0 spiro atoms. The lowest BCUT2D eigenvalue weighted by atomic mass is 10.0. The maximum Gasteiger partial charge on any atom is 0.264 e. The van der Waals surface area contributed by atoms with Crippen molar-refractivity contribution in [1.82, 2.24) is 4.98 Å². The van der Waals surface area contributed by atoms with Crippen molar-refractivity contribution >= 4 is 26.6 Å². The van der Waals surface area contributed by atoms with Crippen LogP contribution < -0.4 is 4.31 Å². The summed E-state index contributed by atoms with van der Waals surface area (Å²) in [5.41, 5.74) is 3.08. The van der Waals surface area contributed by atoms with E-state index >= 15 is 0 Å². The van der Waals surface area contributed by atoms with Crippen LogP contribution in [-0.2, 0) is 16.4 Å². The third kappa shape index (κ3) is 5.89. The van der Waals surface area contributed by atoms with Gasteiger partial charge in [-0.3, -0.25) is 9.29 Å². The second kappa shape index (κ2) is 11.5. The zero-order chi connectivity index (χ0) is 23.0. The van der Waals surface area contributed by atoms with Gasteiger partial charge in [-0.25, -0.2) is 8.42 Å². The van der Waals surface area contributed by atoms with E-state index in [1.165, 1.54) is 42.8 Å². The minimum absolute atomic E-state index is 0.398. The molecule has 0 unspecified atom stereocenters. The summed E-state index contributed by atoms with van der Waals surface area (Å²) in [6.07, 6.45) is 10.7. The molecule has 172 valence electrons. The Morgan fingerprint density at radius 3 is 2.25 bits per heavy atom. The van der Waals surface area contributed by atoms with E-state index in [0.29, 0.717) is 16.1 Å². The van der Waals surface area contributed by atoms with Crippen LogP contribution in [0.4, 0.5) is 5.69 Å². The normalized spacial score (nSPS) is 11.7. The lowest BCUT2D eigenvalue weighted by Gasteiger charge is -2.22. The van der Waals surface area contributed by atoms with Crippen molar-refractivity contribution in [3.63, 3.8) is 0 Å². The van der Waals surface area contributed by atoms with Crippen molar-refractivity contribution in [3.05, 3.63) is 65.9 Å². The fraction of sp³-hybridized carbons (Fsp3) is 0.444. The largest absolute Gasteiger partial charge is 0.267 e. The first kappa shape index (κ1) is 24.2. The summed E-state index contributed by atoms with van der Waals surface area (Å²) in [6.45, 7) is 4.16. The predicted octanol–water partition coefficient (Wildman–Crippen LogP) is 7.05. The van der Waals surface area contributed by atoms with Gasteiger partial charge in [-0.1, -0.05) is 88.3 Å². The van der Waals surface area contributed by atoms with Crippen LogP contribution >= 0.6 is 0 Å². The average molecular weight is 453 g/mol. The van der Waals surface area contributed by atoms with Gasteiger partial charge in [0.2, 0.25) is 0 Å². The van der Waals surface area contributed by atoms with E-state index in [-0.39, 0.29) is 0 Å². The number of pyridine rings is 1. The summed E-state index contributed by atoms with van der Waals surface area (Å²) in [7, 11) is -2.07. The molecule has 0 atom stereocenters. The number of aryl methyl sites for hydroxylation is 2. The molecule has 1 heterocycles. The monoisotopic (exact) mass is 452 g/mol. The van der Waals surface area contributed by atoms with Gasteiger partial charge in [0.1, 0.15) is 0 Å². The van der Waals surface area contributed by atoms with Crippen LogP contribution in [0.1, 0.15) is 69.5 Å². The van der Waals surface area contributed by atoms with E-state index in [9.17, 15) is 8.42 Å². The van der Waals surface area contributed by atoms with Crippen LogP contribution in [0.5, 0.6) is 0 Å².